The topological polar surface area (TPSA) is 93.4 Å². The Bertz CT molecular complexity index is 795. The number of fused-ring (bicyclic) bond motifs is 1. The quantitative estimate of drug-likeness (QED) is 0.655. The normalized spacial score (nSPS) is 16.1. The van der Waals surface area contributed by atoms with Gasteiger partial charge in [0.15, 0.2) is 0 Å². The number of benzene rings is 2. The molecule has 4 N–H and O–H groups in total. The molecule has 6 nitrogen and oxygen atoms in total. The first-order valence-corrected chi connectivity index (χ1v) is 9.73. The SMILES string of the molecule is NCCC[C@@H](NC(=O)OCc1ccccc1)C(=O)N[C@H]1CCc2ccccc21. The molecule has 148 valence electrons. The van der Waals surface area contributed by atoms with Crippen LogP contribution in [-0.4, -0.2) is 24.6 Å². The summed E-state index contributed by atoms with van der Waals surface area (Å²) in [5.41, 5.74) is 8.90. The summed E-state index contributed by atoms with van der Waals surface area (Å²) in [6.07, 6.45) is 2.32. The summed E-state index contributed by atoms with van der Waals surface area (Å²) in [7, 11) is 0. The van der Waals surface area contributed by atoms with Gasteiger partial charge in [0.25, 0.3) is 0 Å². The summed E-state index contributed by atoms with van der Waals surface area (Å²) in [4.78, 5) is 25.0. The second-order valence-corrected chi connectivity index (χ2v) is 6.99. The number of nitrogens with one attached hydrogen (secondary N) is 2. The van der Waals surface area contributed by atoms with Gasteiger partial charge >= 0.3 is 6.09 Å². The number of carbonyl (C=O) groups is 2. The first-order valence-electron chi connectivity index (χ1n) is 9.73. The zero-order chi connectivity index (χ0) is 19.8. The molecule has 2 amide bonds. The largest absolute Gasteiger partial charge is 0.445 e. The number of ether oxygens (including phenoxy) is 1. The molecule has 1 aliphatic rings. The first-order chi connectivity index (χ1) is 13.7. The van der Waals surface area contributed by atoms with E-state index in [1.165, 1.54) is 5.56 Å². The molecule has 0 radical (unpaired) electrons. The van der Waals surface area contributed by atoms with Gasteiger partial charge in [-0.2, -0.15) is 0 Å². The molecule has 2 aromatic rings. The predicted octanol–water partition coefficient (Wildman–Crippen LogP) is 2.82. The van der Waals surface area contributed by atoms with Crippen molar-refractivity contribution in [1.82, 2.24) is 10.6 Å². The third-order valence-corrected chi connectivity index (χ3v) is 4.97. The Balaban J connectivity index is 1.56. The van der Waals surface area contributed by atoms with E-state index in [2.05, 4.69) is 16.7 Å². The van der Waals surface area contributed by atoms with Crippen molar-refractivity contribution < 1.29 is 14.3 Å². The van der Waals surface area contributed by atoms with Gasteiger partial charge in [-0.3, -0.25) is 4.79 Å². The molecular formula is C22H27N3O3. The number of aryl methyl sites for hydroxylation is 1. The highest BCUT2D eigenvalue weighted by Gasteiger charge is 2.27. The molecule has 0 spiro atoms. The first kappa shape index (κ1) is 19.9. The van der Waals surface area contributed by atoms with Crippen molar-refractivity contribution in [3.8, 4) is 0 Å². The van der Waals surface area contributed by atoms with Crippen LogP contribution in [0.15, 0.2) is 54.6 Å². The van der Waals surface area contributed by atoms with Crippen LogP contribution in [-0.2, 0) is 22.6 Å². The fourth-order valence-corrected chi connectivity index (χ4v) is 3.48. The van der Waals surface area contributed by atoms with Gasteiger partial charge < -0.3 is 21.1 Å². The number of hydrogen-bond donors (Lipinski definition) is 3. The Morgan fingerprint density at radius 3 is 2.64 bits per heavy atom. The van der Waals surface area contributed by atoms with Crippen molar-refractivity contribution >= 4 is 12.0 Å². The molecule has 0 saturated heterocycles. The second kappa shape index (κ2) is 9.90. The third kappa shape index (κ3) is 5.33. The highest BCUT2D eigenvalue weighted by molar-refractivity contribution is 5.86. The zero-order valence-corrected chi connectivity index (χ0v) is 15.9. The van der Waals surface area contributed by atoms with E-state index in [1.807, 2.05) is 48.5 Å². The van der Waals surface area contributed by atoms with E-state index < -0.39 is 12.1 Å². The Labute approximate surface area is 165 Å². The lowest BCUT2D eigenvalue weighted by atomic mass is 10.1. The number of rotatable bonds is 8. The molecule has 0 fully saturated rings. The average Bonchev–Trinajstić information content (AvgIpc) is 3.13. The van der Waals surface area contributed by atoms with Gasteiger partial charge in [0, 0.05) is 0 Å². The van der Waals surface area contributed by atoms with E-state index in [4.69, 9.17) is 10.5 Å². The molecule has 0 saturated carbocycles. The monoisotopic (exact) mass is 381 g/mol. The minimum Gasteiger partial charge on any atom is -0.445 e. The van der Waals surface area contributed by atoms with Crippen LogP contribution >= 0.6 is 0 Å². The second-order valence-electron chi connectivity index (χ2n) is 6.99. The Morgan fingerprint density at radius 1 is 1.11 bits per heavy atom. The maximum absolute atomic E-state index is 12.8. The smallest absolute Gasteiger partial charge is 0.408 e. The summed E-state index contributed by atoms with van der Waals surface area (Å²) >= 11 is 0. The molecule has 2 atom stereocenters. The maximum Gasteiger partial charge on any atom is 0.408 e. The van der Waals surface area contributed by atoms with Gasteiger partial charge in [-0.1, -0.05) is 54.6 Å². The van der Waals surface area contributed by atoms with E-state index in [1.54, 1.807) is 0 Å². The average molecular weight is 381 g/mol. The van der Waals surface area contributed by atoms with Gasteiger partial charge in [-0.15, -0.1) is 0 Å². The standard InChI is InChI=1S/C22H27N3O3/c23-14-6-11-20(25-22(27)28-15-16-7-2-1-3-8-16)21(26)24-19-13-12-17-9-4-5-10-18(17)19/h1-5,7-10,19-20H,6,11-15,23H2,(H,24,26)(H,25,27)/t19-,20+/m0/s1. The van der Waals surface area contributed by atoms with E-state index in [0.717, 1.165) is 24.0 Å². The lowest BCUT2D eigenvalue weighted by Crippen LogP contribution is -2.47. The van der Waals surface area contributed by atoms with Crippen molar-refractivity contribution in [2.24, 2.45) is 5.73 Å². The van der Waals surface area contributed by atoms with Crippen LogP contribution in [0, 0.1) is 0 Å². The summed E-state index contributed by atoms with van der Waals surface area (Å²) in [5, 5.41) is 5.76. The lowest BCUT2D eigenvalue weighted by molar-refractivity contribution is -0.124. The van der Waals surface area contributed by atoms with Gasteiger partial charge in [-0.25, -0.2) is 4.79 Å². The molecule has 0 bridgehead atoms. The Morgan fingerprint density at radius 2 is 1.86 bits per heavy atom. The van der Waals surface area contributed by atoms with Gasteiger partial charge in [0.05, 0.1) is 6.04 Å². The van der Waals surface area contributed by atoms with Crippen molar-refractivity contribution in [1.29, 1.82) is 0 Å². The third-order valence-electron chi connectivity index (χ3n) is 4.97. The van der Waals surface area contributed by atoms with Crippen LogP contribution < -0.4 is 16.4 Å². The van der Waals surface area contributed by atoms with E-state index in [9.17, 15) is 9.59 Å². The zero-order valence-electron chi connectivity index (χ0n) is 15.9. The molecule has 6 heteroatoms. The molecule has 0 heterocycles. The predicted molar refractivity (Wildman–Crippen MR) is 107 cm³/mol. The maximum atomic E-state index is 12.8. The molecule has 0 aliphatic heterocycles. The van der Waals surface area contributed by atoms with E-state index >= 15 is 0 Å². The number of alkyl carbamates (subject to hydrolysis) is 1. The van der Waals surface area contributed by atoms with Gasteiger partial charge in [0.1, 0.15) is 12.6 Å². The van der Waals surface area contributed by atoms with Crippen LogP contribution in [0.1, 0.15) is 42.0 Å². The van der Waals surface area contributed by atoms with E-state index in [0.29, 0.717) is 19.4 Å². The van der Waals surface area contributed by atoms with Crippen LogP contribution in [0.2, 0.25) is 0 Å². The molecule has 0 unspecified atom stereocenters. The highest BCUT2D eigenvalue weighted by Crippen LogP contribution is 2.30. The minimum atomic E-state index is -0.667. The van der Waals surface area contributed by atoms with Crippen LogP contribution in [0.25, 0.3) is 0 Å². The van der Waals surface area contributed by atoms with Crippen LogP contribution in [0.3, 0.4) is 0 Å². The Kier molecular flexibility index (Phi) is 7.03. The van der Waals surface area contributed by atoms with E-state index in [-0.39, 0.29) is 18.6 Å². The minimum absolute atomic E-state index is 0.0220. The fraction of sp³-hybridized carbons (Fsp3) is 0.364. The van der Waals surface area contributed by atoms with Crippen molar-refractivity contribution in [3.63, 3.8) is 0 Å². The molecule has 1 aliphatic carbocycles. The molecule has 3 rings (SSSR count). The van der Waals surface area contributed by atoms with Gasteiger partial charge in [0.2, 0.25) is 5.91 Å². The van der Waals surface area contributed by atoms with Crippen molar-refractivity contribution in [2.75, 3.05) is 6.54 Å². The molecule has 28 heavy (non-hydrogen) atoms. The fourth-order valence-electron chi connectivity index (χ4n) is 3.48. The lowest BCUT2D eigenvalue weighted by Gasteiger charge is -2.21. The van der Waals surface area contributed by atoms with Crippen LogP contribution in [0.4, 0.5) is 4.79 Å². The summed E-state index contributed by atoms with van der Waals surface area (Å²) < 4.78 is 5.25. The molecule has 0 aromatic heterocycles. The van der Waals surface area contributed by atoms with Crippen molar-refractivity contribution in [3.05, 3.63) is 71.3 Å². The Hall–Kier alpha value is -2.86. The van der Waals surface area contributed by atoms with Crippen LogP contribution in [0.5, 0.6) is 0 Å². The number of nitrogens with two attached hydrogens (primary N) is 1. The summed E-state index contributed by atoms with van der Waals surface area (Å²) in [6, 6.07) is 16.9. The molecule has 2 aromatic carbocycles. The number of amides is 2. The summed E-state index contributed by atoms with van der Waals surface area (Å²) in [6.45, 7) is 0.616. The highest BCUT2D eigenvalue weighted by atomic mass is 16.5. The number of carbonyl (C=O) groups excluding carboxylic acids is 2. The number of hydrogen-bond acceptors (Lipinski definition) is 4. The van der Waals surface area contributed by atoms with Gasteiger partial charge in [-0.05, 0) is 48.9 Å². The van der Waals surface area contributed by atoms with Crippen molar-refractivity contribution in [2.45, 2.75) is 44.4 Å². The molecular weight excluding hydrogens is 354 g/mol. The summed E-state index contributed by atoms with van der Waals surface area (Å²) in [5.74, 6) is -0.202.